The first-order chi connectivity index (χ1) is 13.7. The molecule has 0 radical (unpaired) electrons. The molecule has 0 atom stereocenters. The molecule has 1 fully saturated rings. The number of hydrogen-bond donors (Lipinski definition) is 2. The summed E-state index contributed by atoms with van der Waals surface area (Å²) in [5.74, 6) is 1.68. The molecule has 1 aromatic carbocycles. The van der Waals surface area contributed by atoms with Crippen LogP contribution in [0.15, 0.2) is 34.9 Å². The van der Waals surface area contributed by atoms with Crippen LogP contribution in [0.1, 0.15) is 49.4 Å². The molecule has 1 aliphatic rings. The fourth-order valence-electron chi connectivity index (χ4n) is 3.25. The van der Waals surface area contributed by atoms with Crippen LogP contribution in [-0.2, 0) is 11.4 Å². The van der Waals surface area contributed by atoms with Crippen LogP contribution in [0, 0.1) is 0 Å². The molecule has 150 valence electrons. The van der Waals surface area contributed by atoms with E-state index in [1.807, 2.05) is 0 Å². The van der Waals surface area contributed by atoms with Gasteiger partial charge in [0.25, 0.3) is 11.8 Å². The van der Waals surface area contributed by atoms with Crippen LogP contribution in [-0.4, -0.2) is 45.8 Å². The third-order valence-electron chi connectivity index (χ3n) is 4.76. The van der Waals surface area contributed by atoms with Crippen LogP contribution in [0.2, 0.25) is 0 Å². The van der Waals surface area contributed by atoms with Gasteiger partial charge in [-0.3, -0.25) is 10.0 Å². The molecule has 2 aromatic rings. The number of piperidine rings is 1. The highest BCUT2D eigenvalue weighted by Gasteiger charge is 2.24. The molecular formula is C20H26N4O4. The summed E-state index contributed by atoms with van der Waals surface area (Å²) in [7, 11) is 0. The maximum Gasteiger partial charge on any atom is 0.267 e. The fourth-order valence-corrected chi connectivity index (χ4v) is 3.25. The Kier molecular flexibility index (Phi) is 7.16. The smallest absolute Gasteiger partial charge is 0.267 e. The number of rotatable bonds is 8. The Morgan fingerprint density at radius 3 is 2.79 bits per heavy atom. The van der Waals surface area contributed by atoms with Crippen molar-refractivity contribution in [1.29, 1.82) is 0 Å². The highest BCUT2D eigenvalue weighted by atomic mass is 16.5. The van der Waals surface area contributed by atoms with E-state index >= 15 is 0 Å². The fraction of sp³-hybridized carbons (Fsp3) is 0.450. The van der Waals surface area contributed by atoms with E-state index in [9.17, 15) is 4.79 Å². The molecule has 1 aliphatic heterocycles. The van der Waals surface area contributed by atoms with Crippen molar-refractivity contribution in [2.24, 2.45) is 0 Å². The Morgan fingerprint density at radius 1 is 1.36 bits per heavy atom. The van der Waals surface area contributed by atoms with Crippen LogP contribution in [0.4, 0.5) is 0 Å². The van der Waals surface area contributed by atoms with Gasteiger partial charge < -0.3 is 14.2 Å². The standard InChI is InChI=1S/C20H26N4O4/c1-2-11-24-12-9-16(10-13-24)20-21-19(28-23-20)14-27-17-6-3-15(4-7-17)5-8-18(25)22-26/h3-8,16,26H,2,9-14H2,1H3,(H,22,25)/b8-5+. The van der Waals surface area contributed by atoms with E-state index in [1.165, 1.54) is 12.5 Å². The van der Waals surface area contributed by atoms with Gasteiger partial charge in [-0.1, -0.05) is 24.2 Å². The second-order valence-electron chi connectivity index (χ2n) is 6.83. The number of nitrogens with one attached hydrogen (secondary N) is 1. The number of ether oxygens (including phenoxy) is 1. The van der Waals surface area contributed by atoms with Crippen molar-refractivity contribution in [2.45, 2.75) is 38.7 Å². The Labute approximate surface area is 164 Å². The normalized spacial score (nSPS) is 15.8. The van der Waals surface area contributed by atoms with Crippen LogP contribution >= 0.6 is 0 Å². The number of carbonyl (C=O) groups excluding carboxylic acids is 1. The van der Waals surface area contributed by atoms with Gasteiger partial charge >= 0.3 is 0 Å². The van der Waals surface area contributed by atoms with Gasteiger partial charge in [0, 0.05) is 12.0 Å². The van der Waals surface area contributed by atoms with Gasteiger partial charge in [-0.2, -0.15) is 4.98 Å². The van der Waals surface area contributed by atoms with Gasteiger partial charge in [0.2, 0.25) is 0 Å². The molecule has 3 rings (SSSR count). The van der Waals surface area contributed by atoms with E-state index in [2.05, 4.69) is 22.0 Å². The molecule has 8 heteroatoms. The molecule has 2 N–H and O–H groups in total. The molecule has 1 aromatic heterocycles. The van der Waals surface area contributed by atoms with Crippen LogP contribution < -0.4 is 10.2 Å². The Bertz CT molecular complexity index is 780. The minimum atomic E-state index is -0.580. The zero-order chi connectivity index (χ0) is 19.8. The van der Waals surface area contributed by atoms with Crippen LogP contribution in [0.3, 0.4) is 0 Å². The number of nitrogens with zero attached hydrogens (tertiary/aromatic N) is 3. The third-order valence-corrected chi connectivity index (χ3v) is 4.76. The van der Waals surface area contributed by atoms with E-state index in [4.69, 9.17) is 14.5 Å². The van der Waals surface area contributed by atoms with Crippen molar-refractivity contribution in [3.05, 3.63) is 47.6 Å². The molecule has 0 unspecified atom stereocenters. The topological polar surface area (TPSA) is 101 Å². The zero-order valence-corrected chi connectivity index (χ0v) is 16.0. The highest BCUT2D eigenvalue weighted by molar-refractivity contribution is 5.90. The summed E-state index contributed by atoms with van der Waals surface area (Å²) >= 11 is 0. The van der Waals surface area contributed by atoms with Crippen LogP contribution in [0.5, 0.6) is 5.75 Å². The SMILES string of the molecule is CCCN1CCC(c2noc(COc3ccc(/C=C/C(=O)NO)cc3)n2)CC1. The quantitative estimate of drug-likeness (QED) is 0.409. The summed E-state index contributed by atoms with van der Waals surface area (Å²) in [5, 5.41) is 12.6. The first kappa shape index (κ1) is 20.0. The van der Waals surface area contributed by atoms with Gasteiger partial charge in [-0.25, -0.2) is 5.48 Å². The predicted octanol–water partition coefficient (Wildman–Crippen LogP) is 2.76. The molecule has 0 spiro atoms. The summed E-state index contributed by atoms with van der Waals surface area (Å²) in [5.41, 5.74) is 2.35. The van der Waals surface area contributed by atoms with Gasteiger partial charge in [-0.05, 0) is 62.7 Å². The maximum absolute atomic E-state index is 11.0. The maximum atomic E-state index is 11.0. The first-order valence-electron chi connectivity index (χ1n) is 9.57. The third kappa shape index (κ3) is 5.64. The number of aromatic nitrogens is 2. The molecular weight excluding hydrogens is 360 g/mol. The lowest BCUT2D eigenvalue weighted by atomic mass is 9.96. The lowest BCUT2D eigenvalue weighted by molar-refractivity contribution is -0.124. The average Bonchev–Trinajstić information content (AvgIpc) is 3.21. The van der Waals surface area contributed by atoms with E-state index in [1.54, 1.807) is 35.8 Å². The number of hydrogen-bond acceptors (Lipinski definition) is 7. The Hall–Kier alpha value is -2.71. The number of amides is 1. The van der Waals surface area contributed by atoms with Gasteiger partial charge in [-0.15, -0.1) is 0 Å². The summed E-state index contributed by atoms with van der Waals surface area (Å²) in [4.78, 5) is 18.0. The van der Waals surface area contributed by atoms with Crippen molar-refractivity contribution in [2.75, 3.05) is 19.6 Å². The van der Waals surface area contributed by atoms with Gasteiger partial charge in [0.1, 0.15) is 5.75 Å². The van der Waals surface area contributed by atoms with Crippen molar-refractivity contribution in [1.82, 2.24) is 20.5 Å². The predicted molar refractivity (Wildman–Crippen MR) is 103 cm³/mol. The van der Waals surface area contributed by atoms with Gasteiger partial charge in [0.05, 0.1) is 0 Å². The minimum Gasteiger partial charge on any atom is -0.484 e. The summed E-state index contributed by atoms with van der Waals surface area (Å²) in [6.07, 6.45) is 6.13. The molecule has 0 saturated carbocycles. The van der Waals surface area contributed by atoms with Gasteiger partial charge in [0.15, 0.2) is 12.4 Å². The molecule has 0 aliphatic carbocycles. The monoisotopic (exact) mass is 386 g/mol. The largest absolute Gasteiger partial charge is 0.484 e. The molecule has 1 saturated heterocycles. The second kappa shape index (κ2) is 10.0. The summed E-state index contributed by atoms with van der Waals surface area (Å²) in [6.45, 7) is 5.74. The molecule has 8 nitrogen and oxygen atoms in total. The molecule has 1 amide bonds. The summed E-state index contributed by atoms with van der Waals surface area (Å²) < 4.78 is 11.0. The molecule has 2 heterocycles. The first-order valence-corrected chi connectivity index (χ1v) is 9.57. The summed E-state index contributed by atoms with van der Waals surface area (Å²) in [6, 6.07) is 7.19. The van der Waals surface area contributed by atoms with Crippen LogP contribution in [0.25, 0.3) is 6.08 Å². The van der Waals surface area contributed by atoms with E-state index in [0.29, 0.717) is 17.6 Å². The molecule has 0 bridgehead atoms. The van der Waals surface area contributed by atoms with Crippen molar-refractivity contribution in [3.63, 3.8) is 0 Å². The van der Waals surface area contributed by atoms with E-state index in [-0.39, 0.29) is 6.61 Å². The van der Waals surface area contributed by atoms with E-state index in [0.717, 1.165) is 43.9 Å². The highest BCUT2D eigenvalue weighted by Crippen LogP contribution is 2.26. The molecule has 28 heavy (non-hydrogen) atoms. The van der Waals surface area contributed by atoms with Crippen molar-refractivity contribution < 1.29 is 19.3 Å². The van der Waals surface area contributed by atoms with Crippen molar-refractivity contribution >= 4 is 12.0 Å². The lowest BCUT2D eigenvalue weighted by Gasteiger charge is -2.30. The number of likely N-dealkylation sites (tertiary alicyclic amines) is 1. The number of benzene rings is 1. The van der Waals surface area contributed by atoms with E-state index < -0.39 is 5.91 Å². The number of hydroxylamine groups is 1. The second-order valence-corrected chi connectivity index (χ2v) is 6.83. The number of carbonyl (C=O) groups is 1. The average molecular weight is 386 g/mol. The minimum absolute atomic E-state index is 0.212. The van der Waals surface area contributed by atoms with Crippen molar-refractivity contribution in [3.8, 4) is 5.75 Å². The Morgan fingerprint density at radius 2 is 2.11 bits per heavy atom. The lowest BCUT2D eigenvalue weighted by Crippen LogP contribution is -2.33. The zero-order valence-electron chi connectivity index (χ0n) is 16.0. The Balaban J connectivity index is 1.48.